The van der Waals surface area contributed by atoms with Crippen LogP contribution < -0.4 is 5.73 Å². The van der Waals surface area contributed by atoms with Crippen LogP contribution in [0, 0.1) is 0 Å². The van der Waals surface area contributed by atoms with E-state index in [-0.39, 0.29) is 5.95 Å². The van der Waals surface area contributed by atoms with Gasteiger partial charge in [-0.25, -0.2) is 15.0 Å². The molecule has 0 saturated heterocycles. The first kappa shape index (κ1) is 11.6. The fourth-order valence-corrected chi connectivity index (χ4v) is 2.89. The van der Waals surface area contributed by atoms with Gasteiger partial charge in [-0.2, -0.15) is 4.37 Å². The van der Waals surface area contributed by atoms with Crippen LogP contribution in [0.5, 0.6) is 0 Å². The molecule has 0 unspecified atom stereocenters. The second kappa shape index (κ2) is 4.94. The Hall–Kier alpha value is -0.920. The number of halogens is 1. The van der Waals surface area contributed by atoms with Crippen molar-refractivity contribution >= 4 is 40.8 Å². The predicted octanol–water partition coefficient (Wildman–Crippen LogP) is 2.28. The molecule has 2 heterocycles. The standard InChI is InChI=1S/C8H8ClN5S2/c1-2-5-12-8(16-14-5)15-6-3-4(9)11-7(10)13-6/h3H,2H2,1H3,(H2,10,11,13). The Bertz CT molecular complexity index is 481. The molecule has 2 rings (SSSR count). The summed E-state index contributed by atoms with van der Waals surface area (Å²) in [6.07, 6.45) is 0.823. The van der Waals surface area contributed by atoms with Crippen LogP contribution in [0.4, 0.5) is 5.95 Å². The summed E-state index contributed by atoms with van der Waals surface area (Å²) < 4.78 is 5.00. The number of rotatable bonds is 3. The van der Waals surface area contributed by atoms with E-state index in [4.69, 9.17) is 17.3 Å². The van der Waals surface area contributed by atoms with Crippen molar-refractivity contribution in [1.82, 2.24) is 19.3 Å². The summed E-state index contributed by atoms with van der Waals surface area (Å²) in [4.78, 5) is 12.1. The Labute approximate surface area is 106 Å². The van der Waals surface area contributed by atoms with E-state index in [0.29, 0.717) is 10.2 Å². The molecule has 2 aromatic rings. The highest BCUT2D eigenvalue weighted by molar-refractivity contribution is 8.00. The Morgan fingerprint density at radius 2 is 2.25 bits per heavy atom. The maximum absolute atomic E-state index is 5.77. The Balaban J connectivity index is 2.19. The van der Waals surface area contributed by atoms with Crippen LogP contribution in [0.25, 0.3) is 0 Å². The number of hydrogen-bond acceptors (Lipinski definition) is 7. The van der Waals surface area contributed by atoms with E-state index in [9.17, 15) is 0 Å². The summed E-state index contributed by atoms with van der Waals surface area (Å²) in [6.45, 7) is 2.01. The second-order valence-corrected chi connectivity index (χ2v) is 5.23. The molecule has 0 atom stereocenters. The van der Waals surface area contributed by atoms with Crippen molar-refractivity contribution in [2.24, 2.45) is 0 Å². The van der Waals surface area contributed by atoms with Crippen molar-refractivity contribution in [3.63, 3.8) is 0 Å². The predicted molar refractivity (Wildman–Crippen MR) is 64.9 cm³/mol. The van der Waals surface area contributed by atoms with Gasteiger partial charge in [0.05, 0.1) is 0 Å². The molecule has 0 aliphatic rings. The highest BCUT2D eigenvalue weighted by Gasteiger charge is 2.07. The number of nitrogen functional groups attached to an aromatic ring is 1. The number of aryl methyl sites for hydroxylation is 1. The number of anilines is 1. The Kier molecular flexibility index (Phi) is 3.57. The van der Waals surface area contributed by atoms with Crippen molar-refractivity contribution in [2.75, 3.05) is 5.73 Å². The topological polar surface area (TPSA) is 77.6 Å². The van der Waals surface area contributed by atoms with Crippen LogP contribution in [-0.2, 0) is 6.42 Å². The molecule has 8 heteroatoms. The number of aromatic nitrogens is 4. The van der Waals surface area contributed by atoms with Crippen LogP contribution >= 0.6 is 34.9 Å². The SMILES string of the molecule is CCc1nsc(Sc2cc(Cl)nc(N)n2)n1. The van der Waals surface area contributed by atoms with Crippen molar-refractivity contribution in [1.29, 1.82) is 0 Å². The molecule has 0 spiro atoms. The summed E-state index contributed by atoms with van der Waals surface area (Å²) in [7, 11) is 0. The lowest BCUT2D eigenvalue weighted by molar-refractivity contribution is 0.969. The second-order valence-electron chi connectivity index (χ2n) is 2.82. The first-order valence-electron chi connectivity index (χ1n) is 4.48. The third-order valence-corrected chi connectivity index (χ3v) is 3.55. The van der Waals surface area contributed by atoms with E-state index in [1.807, 2.05) is 6.92 Å². The molecular weight excluding hydrogens is 266 g/mol. The third kappa shape index (κ3) is 2.81. The zero-order valence-corrected chi connectivity index (χ0v) is 10.7. The molecule has 0 amide bonds. The van der Waals surface area contributed by atoms with Gasteiger partial charge in [0, 0.05) is 12.5 Å². The fourth-order valence-electron chi connectivity index (χ4n) is 0.979. The molecule has 84 valence electrons. The zero-order valence-electron chi connectivity index (χ0n) is 8.35. The molecule has 0 fully saturated rings. The van der Waals surface area contributed by atoms with Crippen LogP contribution in [0.1, 0.15) is 12.7 Å². The van der Waals surface area contributed by atoms with Crippen molar-refractivity contribution in [2.45, 2.75) is 22.7 Å². The maximum atomic E-state index is 5.77. The van der Waals surface area contributed by atoms with Gasteiger partial charge in [-0.3, -0.25) is 0 Å². The van der Waals surface area contributed by atoms with Gasteiger partial charge in [0.15, 0.2) is 4.34 Å². The average Bonchev–Trinajstić information content (AvgIpc) is 2.64. The van der Waals surface area contributed by atoms with Gasteiger partial charge in [0.25, 0.3) is 0 Å². The van der Waals surface area contributed by atoms with Crippen molar-refractivity contribution in [3.05, 3.63) is 17.0 Å². The molecule has 0 saturated carbocycles. The van der Waals surface area contributed by atoms with Gasteiger partial charge < -0.3 is 5.73 Å². The minimum Gasteiger partial charge on any atom is -0.368 e. The highest BCUT2D eigenvalue weighted by Crippen LogP contribution is 2.29. The molecule has 0 aliphatic heterocycles. The largest absolute Gasteiger partial charge is 0.368 e. The van der Waals surface area contributed by atoms with E-state index in [0.717, 1.165) is 16.6 Å². The summed E-state index contributed by atoms with van der Waals surface area (Å²) in [5.74, 6) is 0.996. The third-order valence-electron chi connectivity index (χ3n) is 1.65. The molecule has 0 aliphatic carbocycles. The van der Waals surface area contributed by atoms with E-state index < -0.39 is 0 Å². The Morgan fingerprint density at radius 3 is 2.88 bits per heavy atom. The molecular formula is C8H8ClN5S2. The lowest BCUT2D eigenvalue weighted by atomic mass is 10.5. The number of hydrogen-bond donors (Lipinski definition) is 1. The minimum absolute atomic E-state index is 0.162. The lowest BCUT2D eigenvalue weighted by Crippen LogP contribution is -1.95. The smallest absolute Gasteiger partial charge is 0.222 e. The van der Waals surface area contributed by atoms with Gasteiger partial charge in [-0.05, 0) is 23.3 Å². The summed E-state index contributed by atoms with van der Waals surface area (Å²) in [5.41, 5.74) is 5.49. The van der Waals surface area contributed by atoms with Gasteiger partial charge in [-0.1, -0.05) is 18.5 Å². The first-order chi connectivity index (χ1) is 7.67. The number of nitrogens with zero attached hydrogens (tertiary/aromatic N) is 4. The van der Waals surface area contributed by atoms with Crippen molar-refractivity contribution < 1.29 is 0 Å². The maximum Gasteiger partial charge on any atom is 0.222 e. The minimum atomic E-state index is 0.162. The molecule has 2 aromatic heterocycles. The van der Waals surface area contributed by atoms with E-state index in [1.165, 1.54) is 23.3 Å². The molecule has 0 radical (unpaired) electrons. The molecule has 5 nitrogen and oxygen atoms in total. The summed E-state index contributed by atoms with van der Waals surface area (Å²) in [5, 5.41) is 1.01. The van der Waals surface area contributed by atoms with E-state index in [2.05, 4.69) is 19.3 Å². The lowest BCUT2D eigenvalue weighted by Gasteiger charge is -1.98. The van der Waals surface area contributed by atoms with Crippen LogP contribution in [0.2, 0.25) is 5.15 Å². The number of nitrogens with two attached hydrogens (primary N) is 1. The zero-order chi connectivity index (χ0) is 11.5. The fraction of sp³-hybridized carbons (Fsp3) is 0.250. The monoisotopic (exact) mass is 273 g/mol. The first-order valence-corrected chi connectivity index (χ1v) is 6.44. The van der Waals surface area contributed by atoms with E-state index >= 15 is 0 Å². The molecule has 0 bridgehead atoms. The molecule has 0 aromatic carbocycles. The van der Waals surface area contributed by atoms with Crippen LogP contribution in [-0.4, -0.2) is 19.3 Å². The van der Waals surface area contributed by atoms with Crippen molar-refractivity contribution in [3.8, 4) is 0 Å². The van der Waals surface area contributed by atoms with Gasteiger partial charge in [0.1, 0.15) is 16.0 Å². The van der Waals surface area contributed by atoms with Gasteiger partial charge in [-0.15, -0.1) is 0 Å². The normalized spacial score (nSPS) is 10.6. The summed E-state index contributed by atoms with van der Waals surface area (Å²) in [6, 6.07) is 1.65. The molecule has 2 N–H and O–H groups in total. The average molecular weight is 274 g/mol. The van der Waals surface area contributed by atoms with Gasteiger partial charge in [0.2, 0.25) is 5.95 Å². The van der Waals surface area contributed by atoms with Gasteiger partial charge >= 0.3 is 0 Å². The highest BCUT2D eigenvalue weighted by atomic mass is 35.5. The quantitative estimate of drug-likeness (QED) is 0.865. The van der Waals surface area contributed by atoms with Crippen LogP contribution in [0.15, 0.2) is 15.4 Å². The van der Waals surface area contributed by atoms with Crippen LogP contribution in [0.3, 0.4) is 0 Å². The summed E-state index contributed by atoms with van der Waals surface area (Å²) >= 11 is 8.49. The molecule has 16 heavy (non-hydrogen) atoms. The Morgan fingerprint density at radius 1 is 1.44 bits per heavy atom. The van der Waals surface area contributed by atoms with E-state index in [1.54, 1.807) is 6.07 Å².